The summed E-state index contributed by atoms with van der Waals surface area (Å²) in [6.45, 7) is 5.58. The first-order valence-corrected chi connectivity index (χ1v) is 10.7. The molecule has 4 rings (SSSR count). The van der Waals surface area contributed by atoms with Gasteiger partial charge in [-0.15, -0.1) is 0 Å². The summed E-state index contributed by atoms with van der Waals surface area (Å²) in [5.41, 5.74) is 2.31. The fourth-order valence-electron chi connectivity index (χ4n) is 4.31. The lowest BCUT2D eigenvalue weighted by molar-refractivity contribution is 0.0602. The fourth-order valence-corrected chi connectivity index (χ4v) is 4.31. The molecule has 1 saturated heterocycles. The Morgan fingerprint density at radius 3 is 2.84 bits per heavy atom. The molecule has 0 atom stereocenters. The highest BCUT2D eigenvalue weighted by Crippen LogP contribution is 2.23. The molecule has 0 aliphatic carbocycles. The van der Waals surface area contributed by atoms with Crippen molar-refractivity contribution in [3.05, 3.63) is 59.9 Å². The van der Waals surface area contributed by atoms with Crippen LogP contribution in [0.2, 0.25) is 0 Å². The Bertz CT molecular complexity index is 1100. The number of ether oxygens (including phenoxy) is 1. The molecule has 3 heterocycles. The molecule has 0 spiro atoms. The third-order valence-corrected chi connectivity index (χ3v) is 5.86. The van der Waals surface area contributed by atoms with Gasteiger partial charge in [-0.3, -0.25) is 0 Å². The van der Waals surface area contributed by atoms with Crippen LogP contribution in [-0.2, 0) is 11.3 Å². The number of esters is 1. The number of benzene rings is 1. The smallest absolute Gasteiger partial charge is 0.340 e. The summed E-state index contributed by atoms with van der Waals surface area (Å²) in [7, 11) is 1.42. The van der Waals surface area contributed by atoms with E-state index in [1.807, 2.05) is 42.6 Å². The Labute approximate surface area is 182 Å². The number of methoxy groups -OCH3 is 1. The molecule has 31 heavy (non-hydrogen) atoms. The van der Waals surface area contributed by atoms with E-state index in [1.165, 1.54) is 7.11 Å². The normalized spacial score (nSPS) is 14.9. The second-order valence-electron chi connectivity index (χ2n) is 7.77. The summed E-state index contributed by atoms with van der Waals surface area (Å²) < 4.78 is 7.10. The molecule has 1 fully saturated rings. The molecule has 0 bridgehead atoms. The van der Waals surface area contributed by atoms with E-state index in [2.05, 4.69) is 25.4 Å². The summed E-state index contributed by atoms with van der Waals surface area (Å²) >= 11 is 0. The summed E-state index contributed by atoms with van der Waals surface area (Å²) in [6, 6.07) is 13.8. The zero-order valence-electron chi connectivity index (χ0n) is 17.8. The standard InChI is InChI=1S/C24H27N5O2/c1-31-24(30)21-18-29(22-9-3-2-8-20(21)22)14-6-12-27-11-5-13-28(16-15-27)23-19(17-25)7-4-10-26-23/h2-4,7-10,18H,5-6,11-16H2,1H3. The number of carbonyl (C=O) groups excluding carboxylic acids is 1. The lowest BCUT2D eigenvalue weighted by Crippen LogP contribution is -2.32. The lowest BCUT2D eigenvalue weighted by Gasteiger charge is -2.23. The molecular weight excluding hydrogens is 390 g/mol. The molecule has 2 aromatic heterocycles. The molecule has 7 heteroatoms. The van der Waals surface area contributed by atoms with E-state index in [0.29, 0.717) is 11.1 Å². The molecule has 1 aliphatic heterocycles. The quantitative estimate of drug-likeness (QED) is 0.573. The number of pyridine rings is 1. The van der Waals surface area contributed by atoms with Crippen LogP contribution in [0.1, 0.15) is 28.8 Å². The molecule has 160 valence electrons. The van der Waals surface area contributed by atoms with E-state index in [1.54, 1.807) is 6.20 Å². The first-order valence-electron chi connectivity index (χ1n) is 10.7. The highest BCUT2D eigenvalue weighted by atomic mass is 16.5. The molecule has 0 N–H and O–H groups in total. The summed E-state index contributed by atoms with van der Waals surface area (Å²) in [6.07, 6.45) is 5.70. The monoisotopic (exact) mass is 417 g/mol. The molecule has 1 aromatic carbocycles. The minimum atomic E-state index is -0.297. The number of carbonyl (C=O) groups is 1. The van der Waals surface area contributed by atoms with E-state index < -0.39 is 0 Å². The average molecular weight is 418 g/mol. The molecule has 0 unspecified atom stereocenters. The Morgan fingerprint density at radius 1 is 1.13 bits per heavy atom. The number of nitrogens with zero attached hydrogens (tertiary/aromatic N) is 5. The number of para-hydroxylation sites is 1. The van der Waals surface area contributed by atoms with Crippen molar-refractivity contribution < 1.29 is 9.53 Å². The van der Waals surface area contributed by atoms with Gasteiger partial charge in [0.15, 0.2) is 0 Å². The second kappa shape index (κ2) is 9.63. The van der Waals surface area contributed by atoms with Gasteiger partial charge in [-0.1, -0.05) is 18.2 Å². The lowest BCUT2D eigenvalue weighted by atomic mass is 10.2. The van der Waals surface area contributed by atoms with Gasteiger partial charge in [0.05, 0.1) is 18.2 Å². The number of fused-ring (bicyclic) bond motifs is 1. The van der Waals surface area contributed by atoms with Gasteiger partial charge in [0.25, 0.3) is 0 Å². The molecule has 1 aliphatic rings. The fraction of sp³-hybridized carbons (Fsp3) is 0.375. The third kappa shape index (κ3) is 4.54. The van der Waals surface area contributed by atoms with Crippen LogP contribution >= 0.6 is 0 Å². The topological polar surface area (TPSA) is 74.4 Å². The van der Waals surface area contributed by atoms with Gasteiger partial charge in [-0.05, 0) is 44.1 Å². The predicted octanol–water partition coefficient (Wildman–Crippen LogP) is 3.30. The second-order valence-corrected chi connectivity index (χ2v) is 7.77. The number of anilines is 1. The van der Waals surface area contributed by atoms with Crippen LogP contribution in [-0.4, -0.2) is 60.3 Å². The van der Waals surface area contributed by atoms with Crippen molar-refractivity contribution in [1.82, 2.24) is 14.5 Å². The number of hydrogen-bond donors (Lipinski definition) is 0. The summed E-state index contributed by atoms with van der Waals surface area (Å²) in [4.78, 5) is 21.3. The Kier molecular flexibility index (Phi) is 6.48. The highest BCUT2D eigenvalue weighted by molar-refractivity contribution is 6.04. The number of aromatic nitrogens is 2. The minimum Gasteiger partial charge on any atom is -0.465 e. The van der Waals surface area contributed by atoms with Crippen LogP contribution in [0.25, 0.3) is 10.9 Å². The summed E-state index contributed by atoms with van der Waals surface area (Å²) in [5, 5.41) is 10.3. The van der Waals surface area contributed by atoms with Gasteiger partial charge in [0, 0.05) is 49.5 Å². The first kappa shape index (κ1) is 20.9. The molecule has 0 amide bonds. The van der Waals surface area contributed by atoms with E-state index >= 15 is 0 Å². The summed E-state index contributed by atoms with van der Waals surface area (Å²) in [5.74, 6) is 0.495. The van der Waals surface area contributed by atoms with Gasteiger partial charge in [0.2, 0.25) is 0 Å². The van der Waals surface area contributed by atoms with Crippen molar-refractivity contribution in [2.45, 2.75) is 19.4 Å². The molecule has 3 aromatic rings. The molecule has 7 nitrogen and oxygen atoms in total. The van der Waals surface area contributed by atoms with E-state index in [9.17, 15) is 10.1 Å². The maximum Gasteiger partial charge on any atom is 0.340 e. The van der Waals surface area contributed by atoms with Gasteiger partial charge >= 0.3 is 5.97 Å². The van der Waals surface area contributed by atoms with Gasteiger partial charge in [-0.2, -0.15) is 5.26 Å². The Balaban J connectivity index is 1.37. The molecular formula is C24H27N5O2. The van der Waals surface area contributed by atoms with E-state index in [-0.39, 0.29) is 5.97 Å². The van der Waals surface area contributed by atoms with Crippen molar-refractivity contribution >= 4 is 22.7 Å². The molecule has 0 radical (unpaired) electrons. The van der Waals surface area contributed by atoms with Crippen molar-refractivity contribution in [2.75, 3.05) is 44.7 Å². The first-order chi connectivity index (χ1) is 15.2. The molecule has 0 saturated carbocycles. The van der Waals surface area contributed by atoms with Crippen LogP contribution in [0.4, 0.5) is 5.82 Å². The number of nitriles is 1. The number of hydrogen-bond acceptors (Lipinski definition) is 6. The van der Waals surface area contributed by atoms with Crippen LogP contribution in [0.5, 0.6) is 0 Å². The van der Waals surface area contributed by atoms with Crippen LogP contribution < -0.4 is 4.90 Å². The van der Waals surface area contributed by atoms with Gasteiger partial charge in [0.1, 0.15) is 11.9 Å². The van der Waals surface area contributed by atoms with Gasteiger partial charge < -0.3 is 19.1 Å². The SMILES string of the molecule is COC(=O)c1cn(CCCN2CCCN(c3ncccc3C#N)CC2)c2ccccc12. The largest absolute Gasteiger partial charge is 0.465 e. The van der Waals surface area contributed by atoms with Crippen molar-refractivity contribution in [3.8, 4) is 6.07 Å². The Hall–Kier alpha value is -3.37. The van der Waals surface area contributed by atoms with Crippen LogP contribution in [0, 0.1) is 11.3 Å². The van der Waals surface area contributed by atoms with Crippen molar-refractivity contribution in [1.29, 1.82) is 5.26 Å². The number of aryl methyl sites for hydroxylation is 1. The average Bonchev–Trinajstić information content (AvgIpc) is 3.02. The van der Waals surface area contributed by atoms with Crippen molar-refractivity contribution in [2.24, 2.45) is 0 Å². The Morgan fingerprint density at radius 2 is 2.00 bits per heavy atom. The van der Waals surface area contributed by atoms with Crippen molar-refractivity contribution in [3.63, 3.8) is 0 Å². The maximum absolute atomic E-state index is 12.1. The highest BCUT2D eigenvalue weighted by Gasteiger charge is 2.19. The number of rotatable bonds is 6. The zero-order valence-corrected chi connectivity index (χ0v) is 17.8. The zero-order chi connectivity index (χ0) is 21.6. The van der Waals surface area contributed by atoms with Crippen LogP contribution in [0.3, 0.4) is 0 Å². The van der Waals surface area contributed by atoms with Crippen LogP contribution in [0.15, 0.2) is 48.8 Å². The minimum absolute atomic E-state index is 0.297. The maximum atomic E-state index is 12.1. The predicted molar refractivity (Wildman–Crippen MR) is 120 cm³/mol. The van der Waals surface area contributed by atoms with E-state index in [0.717, 1.165) is 68.8 Å². The van der Waals surface area contributed by atoms with Gasteiger partial charge in [-0.25, -0.2) is 9.78 Å². The van der Waals surface area contributed by atoms with E-state index in [4.69, 9.17) is 4.74 Å². The third-order valence-electron chi connectivity index (χ3n) is 5.86.